The fourth-order valence-electron chi connectivity index (χ4n) is 2.55. The molecule has 2 aromatic carbocycles. The van der Waals surface area contributed by atoms with Gasteiger partial charge in [0.1, 0.15) is 4.88 Å². The summed E-state index contributed by atoms with van der Waals surface area (Å²) in [6, 6.07) is 13.5. The van der Waals surface area contributed by atoms with Crippen molar-refractivity contribution in [3.05, 3.63) is 52.4 Å². The van der Waals surface area contributed by atoms with E-state index >= 15 is 0 Å². The molecule has 0 radical (unpaired) electrons. The van der Waals surface area contributed by atoms with E-state index in [-0.39, 0.29) is 11.0 Å². The van der Waals surface area contributed by atoms with Crippen LogP contribution in [0.25, 0.3) is 20.3 Å². The summed E-state index contributed by atoms with van der Waals surface area (Å²) in [5.41, 5.74) is 1.67. The third-order valence-corrected chi connectivity index (χ3v) is 7.67. The van der Waals surface area contributed by atoms with Gasteiger partial charge in [-0.1, -0.05) is 41.6 Å². The summed E-state index contributed by atoms with van der Waals surface area (Å²) in [5, 5.41) is 7.26. The van der Waals surface area contributed by atoms with Crippen LogP contribution in [0.2, 0.25) is 5.02 Å². The van der Waals surface area contributed by atoms with Crippen molar-refractivity contribution in [3.63, 3.8) is 0 Å². The zero-order valence-corrected chi connectivity index (χ0v) is 17.9. The predicted octanol–water partition coefficient (Wildman–Crippen LogP) is 6.01. The van der Waals surface area contributed by atoms with Crippen LogP contribution in [0, 0.1) is 0 Å². The normalized spacial score (nSPS) is 11.0. The van der Waals surface area contributed by atoms with Gasteiger partial charge in [0.15, 0.2) is 9.45 Å². The Morgan fingerprint density at radius 1 is 1.19 bits per heavy atom. The van der Waals surface area contributed by atoms with Crippen LogP contribution >= 0.6 is 58.3 Å². The Labute approximate surface area is 177 Å². The summed E-state index contributed by atoms with van der Waals surface area (Å²) in [4.78, 5) is 17.5. The summed E-state index contributed by atoms with van der Waals surface area (Å²) < 4.78 is 3.08. The number of amides is 1. The minimum atomic E-state index is -0.321. The molecule has 0 aliphatic heterocycles. The molecule has 2 aromatic heterocycles. The Balaban J connectivity index is 1.50. The molecule has 0 fully saturated rings. The first-order valence-corrected chi connectivity index (χ1v) is 11.4. The third-order valence-electron chi connectivity index (χ3n) is 3.77. The summed E-state index contributed by atoms with van der Waals surface area (Å²) in [6.45, 7) is 0. The van der Waals surface area contributed by atoms with Crippen LogP contribution in [0.15, 0.2) is 46.8 Å². The fourth-order valence-corrected chi connectivity index (χ4v) is 5.65. The first kappa shape index (κ1) is 18.6. The molecule has 0 unspecified atom stereocenters. The highest BCUT2D eigenvalue weighted by Crippen LogP contribution is 2.35. The highest BCUT2D eigenvalue weighted by Gasteiger charge is 2.18. The summed E-state index contributed by atoms with van der Waals surface area (Å²) in [7, 11) is 0. The molecular formula is C18H12ClN3OS4. The lowest BCUT2D eigenvalue weighted by Gasteiger charge is -2.09. The van der Waals surface area contributed by atoms with Crippen LogP contribution in [0.1, 0.15) is 9.67 Å². The van der Waals surface area contributed by atoms with E-state index in [1.807, 2.05) is 48.7 Å². The number of benzene rings is 2. The number of anilines is 1. The lowest BCUT2D eigenvalue weighted by molar-refractivity contribution is 0.0982. The van der Waals surface area contributed by atoms with Gasteiger partial charge < -0.3 is 5.32 Å². The van der Waals surface area contributed by atoms with E-state index in [1.165, 1.54) is 11.3 Å². The number of thiazole rings is 1. The second-order valence-electron chi connectivity index (χ2n) is 5.52. The lowest BCUT2D eigenvalue weighted by atomic mass is 10.2. The van der Waals surface area contributed by atoms with E-state index in [4.69, 9.17) is 23.8 Å². The van der Waals surface area contributed by atoms with Gasteiger partial charge in [0.25, 0.3) is 5.91 Å². The summed E-state index contributed by atoms with van der Waals surface area (Å²) in [5.74, 6) is -0.321. The molecule has 0 saturated carbocycles. The number of hydrogen-bond donors (Lipinski definition) is 2. The van der Waals surface area contributed by atoms with Gasteiger partial charge in [0, 0.05) is 15.8 Å². The Kier molecular flexibility index (Phi) is 5.34. The first-order chi connectivity index (χ1) is 13.0. The molecule has 4 nitrogen and oxygen atoms in total. The topological polar surface area (TPSA) is 54.0 Å². The maximum Gasteiger partial charge on any atom is 0.269 e. The van der Waals surface area contributed by atoms with Crippen LogP contribution in [-0.2, 0) is 0 Å². The number of thiophene rings is 1. The smallest absolute Gasteiger partial charge is 0.269 e. The highest BCUT2D eigenvalue weighted by molar-refractivity contribution is 8.00. The van der Waals surface area contributed by atoms with Gasteiger partial charge in [-0.05, 0) is 42.7 Å². The van der Waals surface area contributed by atoms with Crippen molar-refractivity contribution in [2.45, 2.75) is 4.34 Å². The SMILES string of the molecule is CSc1nc2cc(NC(=S)NC(=O)c3sc4ccccc4c3Cl)ccc2s1. The molecule has 0 saturated heterocycles. The zero-order valence-electron chi connectivity index (χ0n) is 13.9. The largest absolute Gasteiger partial charge is 0.332 e. The molecule has 0 spiro atoms. The summed E-state index contributed by atoms with van der Waals surface area (Å²) >= 11 is 16.2. The molecule has 4 rings (SSSR count). The van der Waals surface area contributed by atoms with E-state index in [1.54, 1.807) is 23.1 Å². The second kappa shape index (κ2) is 7.73. The summed E-state index contributed by atoms with van der Waals surface area (Å²) in [6.07, 6.45) is 2.00. The number of rotatable bonds is 3. The fraction of sp³-hybridized carbons (Fsp3) is 0.0556. The molecule has 0 aliphatic rings. The Hall–Kier alpha value is -1.71. The maximum atomic E-state index is 12.6. The van der Waals surface area contributed by atoms with Crippen LogP contribution in [0.5, 0.6) is 0 Å². The van der Waals surface area contributed by atoms with Crippen molar-refractivity contribution in [2.24, 2.45) is 0 Å². The number of fused-ring (bicyclic) bond motifs is 2. The predicted molar refractivity (Wildman–Crippen MR) is 122 cm³/mol. The first-order valence-electron chi connectivity index (χ1n) is 7.79. The molecule has 1 amide bonds. The zero-order chi connectivity index (χ0) is 19.0. The van der Waals surface area contributed by atoms with E-state index < -0.39 is 0 Å². The number of hydrogen-bond acceptors (Lipinski definition) is 6. The molecule has 9 heteroatoms. The number of thioether (sulfide) groups is 1. The third kappa shape index (κ3) is 3.81. The standard InChI is InChI=1S/C18H12ClN3OS4/c1-25-18-21-11-8-9(6-7-13(11)27-18)20-17(24)22-16(23)15-14(19)10-4-2-3-5-12(10)26-15/h2-8H,1H3,(H2,20,22,23,24). The van der Waals surface area contributed by atoms with E-state index in [0.29, 0.717) is 9.90 Å². The van der Waals surface area contributed by atoms with Gasteiger partial charge in [-0.25, -0.2) is 4.98 Å². The van der Waals surface area contributed by atoms with Crippen molar-refractivity contribution in [1.82, 2.24) is 10.3 Å². The molecule has 136 valence electrons. The van der Waals surface area contributed by atoms with Gasteiger partial charge in [-0.3, -0.25) is 10.1 Å². The van der Waals surface area contributed by atoms with Gasteiger partial charge in [0.2, 0.25) is 0 Å². The second-order valence-corrected chi connectivity index (χ2v) is 9.44. The van der Waals surface area contributed by atoms with Gasteiger partial charge in [-0.2, -0.15) is 0 Å². The van der Waals surface area contributed by atoms with Crippen molar-refractivity contribution < 1.29 is 4.79 Å². The van der Waals surface area contributed by atoms with Crippen molar-refractivity contribution in [2.75, 3.05) is 11.6 Å². The van der Waals surface area contributed by atoms with Crippen molar-refractivity contribution in [3.8, 4) is 0 Å². The molecule has 2 N–H and O–H groups in total. The number of carbonyl (C=O) groups is 1. The van der Waals surface area contributed by atoms with E-state index in [0.717, 1.165) is 30.3 Å². The average Bonchev–Trinajstić information content (AvgIpc) is 3.22. The van der Waals surface area contributed by atoms with E-state index in [2.05, 4.69) is 15.6 Å². The van der Waals surface area contributed by atoms with Gasteiger partial charge >= 0.3 is 0 Å². The number of halogens is 1. The monoisotopic (exact) mass is 449 g/mol. The van der Waals surface area contributed by atoms with Crippen molar-refractivity contribution in [1.29, 1.82) is 0 Å². The van der Waals surface area contributed by atoms with Crippen molar-refractivity contribution >= 4 is 95.3 Å². The molecule has 4 aromatic rings. The van der Waals surface area contributed by atoms with Crippen LogP contribution in [0.4, 0.5) is 5.69 Å². The highest BCUT2D eigenvalue weighted by atomic mass is 35.5. The number of carbonyl (C=O) groups excluding carboxylic acids is 1. The average molecular weight is 450 g/mol. The Morgan fingerprint density at radius 2 is 2.00 bits per heavy atom. The number of nitrogens with one attached hydrogen (secondary N) is 2. The number of thiocarbonyl (C=S) groups is 1. The molecule has 0 atom stereocenters. The van der Waals surface area contributed by atoms with Crippen LogP contribution in [0.3, 0.4) is 0 Å². The number of aromatic nitrogens is 1. The quantitative estimate of drug-likeness (QED) is 0.296. The number of nitrogens with zero attached hydrogens (tertiary/aromatic N) is 1. The maximum absolute atomic E-state index is 12.6. The molecule has 0 bridgehead atoms. The van der Waals surface area contributed by atoms with Gasteiger partial charge in [0.05, 0.1) is 15.2 Å². The van der Waals surface area contributed by atoms with E-state index in [9.17, 15) is 4.79 Å². The minimum Gasteiger partial charge on any atom is -0.332 e. The molecule has 27 heavy (non-hydrogen) atoms. The van der Waals surface area contributed by atoms with Gasteiger partial charge in [-0.15, -0.1) is 22.7 Å². The Morgan fingerprint density at radius 3 is 2.78 bits per heavy atom. The molecule has 0 aliphatic carbocycles. The Bertz CT molecular complexity index is 1180. The molecular weight excluding hydrogens is 438 g/mol. The van der Waals surface area contributed by atoms with Crippen LogP contribution in [-0.4, -0.2) is 22.3 Å². The lowest BCUT2D eigenvalue weighted by Crippen LogP contribution is -2.33. The van der Waals surface area contributed by atoms with Crippen LogP contribution < -0.4 is 10.6 Å². The minimum absolute atomic E-state index is 0.216. The molecule has 2 heterocycles.